The lowest BCUT2D eigenvalue weighted by Crippen LogP contribution is -2.46. The van der Waals surface area contributed by atoms with Crippen LogP contribution in [0.1, 0.15) is 310 Å². The maximum atomic E-state index is 13.2. The average molecular weight is 850 g/mol. The Balaban J connectivity index is 4.44. The quantitative estimate of drug-likeness (QED) is 0.0419. The SMILES string of the molecule is CCCCCCCCCCCCCCCCCC(=O)OC(CCCCCCCCCCCCC)CC(=O)NC(CO)C(O)CCCCCCCCCCCCCCCCC. The van der Waals surface area contributed by atoms with Gasteiger partial charge >= 0.3 is 5.97 Å². The predicted molar refractivity (Wildman–Crippen MR) is 260 cm³/mol. The van der Waals surface area contributed by atoms with E-state index in [4.69, 9.17) is 4.74 Å². The van der Waals surface area contributed by atoms with E-state index in [-0.39, 0.29) is 24.9 Å². The molecule has 0 fully saturated rings. The molecular formula is C54H107NO5. The van der Waals surface area contributed by atoms with Crippen LogP contribution in [0.5, 0.6) is 0 Å². The largest absolute Gasteiger partial charge is 0.462 e. The highest BCUT2D eigenvalue weighted by Gasteiger charge is 2.24. The van der Waals surface area contributed by atoms with Crippen LogP contribution < -0.4 is 5.32 Å². The standard InChI is InChI=1S/C54H107NO5/c1-4-7-10-13-16-19-22-24-26-28-31-34-37-40-43-46-52(57)51(49-56)55-53(58)48-50(45-42-39-36-33-30-21-18-15-12-9-6-3)60-54(59)47-44-41-38-35-32-29-27-25-23-20-17-14-11-8-5-2/h50-52,56-57H,4-49H2,1-3H3,(H,55,58). The third-order valence-corrected chi connectivity index (χ3v) is 12.9. The van der Waals surface area contributed by atoms with Crippen molar-refractivity contribution in [3.63, 3.8) is 0 Å². The molecule has 0 spiro atoms. The third kappa shape index (κ3) is 43.5. The van der Waals surface area contributed by atoms with Crippen molar-refractivity contribution in [2.24, 2.45) is 0 Å². The number of hydrogen-bond donors (Lipinski definition) is 3. The molecule has 60 heavy (non-hydrogen) atoms. The summed E-state index contributed by atoms with van der Waals surface area (Å²) in [6.07, 6.45) is 53.1. The molecule has 0 saturated carbocycles. The molecule has 358 valence electrons. The van der Waals surface area contributed by atoms with E-state index in [1.807, 2.05) is 0 Å². The fourth-order valence-corrected chi connectivity index (χ4v) is 8.79. The summed E-state index contributed by atoms with van der Waals surface area (Å²) < 4.78 is 5.94. The Morgan fingerprint density at radius 1 is 0.417 bits per heavy atom. The van der Waals surface area contributed by atoms with Gasteiger partial charge in [-0.05, 0) is 25.7 Å². The lowest BCUT2D eigenvalue weighted by Gasteiger charge is -2.24. The number of carbonyl (C=O) groups excluding carboxylic acids is 2. The van der Waals surface area contributed by atoms with Crippen molar-refractivity contribution >= 4 is 11.9 Å². The van der Waals surface area contributed by atoms with E-state index in [1.54, 1.807) is 0 Å². The molecule has 0 bridgehead atoms. The summed E-state index contributed by atoms with van der Waals surface area (Å²) in [5, 5.41) is 23.8. The van der Waals surface area contributed by atoms with Crippen LogP contribution in [-0.2, 0) is 14.3 Å². The zero-order valence-electron chi connectivity index (χ0n) is 40.9. The number of amides is 1. The summed E-state index contributed by atoms with van der Waals surface area (Å²) in [4.78, 5) is 26.1. The molecular weight excluding hydrogens is 743 g/mol. The normalized spacial score (nSPS) is 13.1. The molecule has 1 amide bonds. The molecule has 6 heteroatoms. The molecule has 0 rings (SSSR count). The number of unbranched alkanes of at least 4 members (excludes halogenated alkanes) is 38. The smallest absolute Gasteiger partial charge is 0.306 e. The average Bonchev–Trinajstić information content (AvgIpc) is 3.24. The maximum absolute atomic E-state index is 13.2. The van der Waals surface area contributed by atoms with E-state index in [9.17, 15) is 19.8 Å². The third-order valence-electron chi connectivity index (χ3n) is 12.9. The number of ether oxygens (including phenoxy) is 1. The summed E-state index contributed by atoms with van der Waals surface area (Å²) in [5.74, 6) is -0.449. The van der Waals surface area contributed by atoms with Gasteiger partial charge in [0.1, 0.15) is 6.10 Å². The van der Waals surface area contributed by atoms with Crippen molar-refractivity contribution < 1.29 is 24.5 Å². The first kappa shape index (κ1) is 58.9. The van der Waals surface area contributed by atoms with Gasteiger partial charge < -0.3 is 20.3 Å². The number of hydrogen-bond acceptors (Lipinski definition) is 5. The van der Waals surface area contributed by atoms with Crippen molar-refractivity contribution in [2.45, 2.75) is 328 Å². The highest BCUT2D eigenvalue weighted by molar-refractivity contribution is 5.77. The summed E-state index contributed by atoms with van der Waals surface area (Å²) in [6, 6.07) is -0.692. The number of aliphatic hydroxyl groups excluding tert-OH is 2. The Bertz CT molecular complexity index is 867. The second kappa shape index (κ2) is 48.9. The molecule has 3 N–H and O–H groups in total. The molecule has 0 saturated heterocycles. The van der Waals surface area contributed by atoms with Gasteiger partial charge in [0, 0.05) is 6.42 Å². The van der Waals surface area contributed by atoms with Gasteiger partial charge in [-0.25, -0.2) is 0 Å². The Labute approximate surface area is 375 Å². The second-order valence-corrected chi connectivity index (χ2v) is 19.0. The van der Waals surface area contributed by atoms with Gasteiger partial charge in [0.25, 0.3) is 0 Å². The Morgan fingerprint density at radius 3 is 1.02 bits per heavy atom. The van der Waals surface area contributed by atoms with E-state index < -0.39 is 18.2 Å². The van der Waals surface area contributed by atoms with Crippen molar-refractivity contribution in [3.05, 3.63) is 0 Å². The molecule has 3 atom stereocenters. The summed E-state index contributed by atoms with van der Waals surface area (Å²) in [6.45, 7) is 6.52. The second-order valence-electron chi connectivity index (χ2n) is 19.0. The van der Waals surface area contributed by atoms with Gasteiger partial charge in [0.05, 0.1) is 25.2 Å². The molecule has 0 radical (unpaired) electrons. The molecule has 0 aliphatic rings. The minimum atomic E-state index is -0.779. The van der Waals surface area contributed by atoms with Gasteiger partial charge in [0.2, 0.25) is 5.91 Å². The molecule has 0 aliphatic heterocycles. The van der Waals surface area contributed by atoms with E-state index in [2.05, 4.69) is 26.1 Å². The maximum Gasteiger partial charge on any atom is 0.306 e. The van der Waals surface area contributed by atoms with Crippen LogP contribution in [0.4, 0.5) is 0 Å². The summed E-state index contributed by atoms with van der Waals surface area (Å²) >= 11 is 0. The minimum absolute atomic E-state index is 0.0878. The first-order chi connectivity index (χ1) is 29.5. The number of esters is 1. The van der Waals surface area contributed by atoms with Gasteiger partial charge in [-0.1, -0.05) is 271 Å². The van der Waals surface area contributed by atoms with Gasteiger partial charge in [0.15, 0.2) is 0 Å². The number of aliphatic hydroxyl groups is 2. The predicted octanol–water partition coefficient (Wildman–Crippen LogP) is 16.4. The number of nitrogens with one attached hydrogen (secondary N) is 1. The van der Waals surface area contributed by atoms with E-state index in [1.165, 1.54) is 225 Å². The highest BCUT2D eigenvalue weighted by atomic mass is 16.5. The zero-order valence-corrected chi connectivity index (χ0v) is 40.9. The molecule has 0 heterocycles. The minimum Gasteiger partial charge on any atom is -0.462 e. The van der Waals surface area contributed by atoms with Gasteiger partial charge in [-0.15, -0.1) is 0 Å². The Hall–Kier alpha value is -1.14. The molecule has 0 aromatic carbocycles. The molecule has 6 nitrogen and oxygen atoms in total. The topological polar surface area (TPSA) is 95.9 Å². The summed E-state index contributed by atoms with van der Waals surface area (Å²) in [5.41, 5.74) is 0. The van der Waals surface area contributed by atoms with Gasteiger partial charge in [-0.2, -0.15) is 0 Å². The molecule has 0 aromatic rings. The lowest BCUT2D eigenvalue weighted by molar-refractivity contribution is -0.151. The van der Waals surface area contributed by atoms with E-state index in [0.29, 0.717) is 19.3 Å². The van der Waals surface area contributed by atoms with Crippen LogP contribution in [0.25, 0.3) is 0 Å². The lowest BCUT2D eigenvalue weighted by atomic mass is 10.0. The van der Waals surface area contributed by atoms with Crippen molar-refractivity contribution in [2.75, 3.05) is 6.61 Å². The van der Waals surface area contributed by atoms with Crippen LogP contribution in [-0.4, -0.2) is 46.9 Å². The number of rotatable bonds is 50. The van der Waals surface area contributed by atoms with Crippen molar-refractivity contribution in [3.8, 4) is 0 Å². The fraction of sp³-hybridized carbons (Fsp3) is 0.963. The zero-order chi connectivity index (χ0) is 43.8. The molecule has 3 unspecified atom stereocenters. The van der Waals surface area contributed by atoms with Crippen molar-refractivity contribution in [1.29, 1.82) is 0 Å². The van der Waals surface area contributed by atoms with Gasteiger partial charge in [-0.3, -0.25) is 9.59 Å². The van der Waals surface area contributed by atoms with Crippen LogP contribution in [0.3, 0.4) is 0 Å². The van der Waals surface area contributed by atoms with Crippen LogP contribution in [0.2, 0.25) is 0 Å². The number of carbonyl (C=O) groups is 2. The molecule has 0 aliphatic carbocycles. The summed E-state index contributed by atoms with van der Waals surface area (Å²) in [7, 11) is 0. The fourth-order valence-electron chi connectivity index (χ4n) is 8.79. The van der Waals surface area contributed by atoms with Crippen molar-refractivity contribution in [1.82, 2.24) is 5.32 Å². The monoisotopic (exact) mass is 850 g/mol. The highest BCUT2D eigenvalue weighted by Crippen LogP contribution is 2.19. The Kier molecular flexibility index (Phi) is 48.0. The molecule has 0 aromatic heterocycles. The Morgan fingerprint density at radius 2 is 0.700 bits per heavy atom. The first-order valence-electron chi connectivity index (χ1n) is 27.3. The van der Waals surface area contributed by atoms with Crippen LogP contribution >= 0.6 is 0 Å². The first-order valence-corrected chi connectivity index (χ1v) is 27.3. The van der Waals surface area contributed by atoms with Crippen LogP contribution in [0, 0.1) is 0 Å². The van der Waals surface area contributed by atoms with Crippen LogP contribution in [0.15, 0.2) is 0 Å². The van der Waals surface area contributed by atoms with E-state index in [0.717, 1.165) is 38.5 Å². The van der Waals surface area contributed by atoms with E-state index >= 15 is 0 Å².